The molecule has 0 atom stereocenters. The lowest BCUT2D eigenvalue weighted by molar-refractivity contribution is -0.858. The van der Waals surface area contributed by atoms with Crippen LogP contribution < -0.4 is 15.2 Å². The van der Waals surface area contributed by atoms with E-state index in [1.807, 2.05) is 19.1 Å². The third-order valence-electron chi connectivity index (χ3n) is 3.95. The quantitative estimate of drug-likeness (QED) is 0.590. The second-order valence-electron chi connectivity index (χ2n) is 6.13. The lowest BCUT2D eigenvalue weighted by atomic mass is 10.1. The first-order valence-corrected chi connectivity index (χ1v) is 8.67. The number of carbonyl (C=O) groups excluding carboxylic acids is 1. The van der Waals surface area contributed by atoms with Crippen molar-refractivity contribution in [3.8, 4) is 0 Å². The molecule has 0 spiro atoms. The Labute approximate surface area is 148 Å². The highest BCUT2D eigenvalue weighted by Crippen LogP contribution is 2.30. The van der Waals surface area contributed by atoms with E-state index >= 15 is 0 Å². The summed E-state index contributed by atoms with van der Waals surface area (Å²) in [6.07, 6.45) is 2.71. The maximum absolute atomic E-state index is 12.3. The van der Waals surface area contributed by atoms with E-state index in [4.69, 9.17) is 16.3 Å². The Morgan fingerprint density at radius 3 is 2.79 bits per heavy atom. The number of hydrogen-bond acceptors (Lipinski definition) is 3. The van der Waals surface area contributed by atoms with Crippen molar-refractivity contribution in [3.05, 3.63) is 34.5 Å². The number of fused-ring (bicyclic) bond motifs is 1. The lowest BCUT2D eigenvalue weighted by Crippen LogP contribution is -3.05. The molecule has 1 aromatic carbocycles. The molecule has 0 saturated heterocycles. The maximum Gasteiger partial charge on any atom is 0.346 e. The number of halogens is 1. The number of H-pyrrole nitrogens is 1. The number of pyridine rings is 1. The van der Waals surface area contributed by atoms with Crippen LogP contribution in [-0.2, 0) is 4.74 Å². The molecule has 1 aromatic heterocycles. The van der Waals surface area contributed by atoms with Gasteiger partial charge in [-0.2, -0.15) is 0 Å². The highest BCUT2D eigenvalue weighted by Gasteiger charge is 2.21. The molecule has 0 aliphatic rings. The van der Waals surface area contributed by atoms with Gasteiger partial charge in [-0.15, -0.1) is 0 Å². The third kappa shape index (κ3) is 4.16. The highest BCUT2D eigenvalue weighted by atomic mass is 35.5. The van der Waals surface area contributed by atoms with E-state index in [9.17, 15) is 4.79 Å². The van der Waals surface area contributed by atoms with Gasteiger partial charge in [-0.05, 0) is 26.0 Å². The number of rotatable bonds is 7. The minimum absolute atomic E-state index is 0.330. The fourth-order valence-electron chi connectivity index (χ4n) is 2.66. The number of quaternary nitrogens is 1. The summed E-state index contributed by atoms with van der Waals surface area (Å²) in [6.45, 7) is 5.96. The molecule has 2 aromatic rings. The SMILES string of the molecule is CCOC(=O)c1c[nH+]c2c(C)c(Cl)ccc2c1NCCC[NH+](C)C. The van der Waals surface area contributed by atoms with Crippen LogP contribution in [0.2, 0.25) is 5.02 Å². The minimum Gasteiger partial charge on any atom is -0.462 e. The zero-order chi connectivity index (χ0) is 17.7. The summed E-state index contributed by atoms with van der Waals surface area (Å²) in [5.74, 6) is -0.330. The number of aryl methyl sites for hydroxylation is 1. The van der Waals surface area contributed by atoms with Crippen molar-refractivity contribution in [2.75, 3.05) is 39.1 Å². The van der Waals surface area contributed by atoms with Gasteiger partial charge in [-0.3, -0.25) is 0 Å². The van der Waals surface area contributed by atoms with E-state index in [1.54, 1.807) is 13.1 Å². The number of aromatic amines is 1. The predicted octanol–water partition coefficient (Wildman–Crippen LogP) is 1.74. The van der Waals surface area contributed by atoms with Crippen molar-refractivity contribution >= 4 is 34.2 Å². The van der Waals surface area contributed by atoms with Crippen molar-refractivity contribution < 1.29 is 19.4 Å². The van der Waals surface area contributed by atoms with Gasteiger partial charge >= 0.3 is 5.97 Å². The molecule has 0 aliphatic carbocycles. The van der Waals surface area contributed by atoms with Crippen LogP contribution in [0.5, 0.6) is 0 Å². The van der Waals surface area contributed by atoms with Gasteiger partial charge < -0.3 is 15.0 Å². The van der Waals surface area contributed by atoms with Gasteiger partial charge in [0.25, 0.3) is 0 Å². The van der Waals surface area contributed by atoms with Gasteiger partial charge in [0.2, 0.25) is 5.52 Å². The first kappa shape index (κ1) is 18.5. The molecule has 0 bridgehead atoms. The van der Waals surface area contributed by atoms with Crippen LogP contribution >= 0.6 is 11.6 Å². The lowest BCUT2D eigenvalue weighted by Gasteiger charge is -2.13. The number of carbonyl (C=O) groups is 1. The number of nitrogens with one attached hydrogen (secondary N) is 3. The molecule has 24 heavy (non-hydrogen) atoms. The van der Waals surface area contributed by atoms with Crippen LogP contribution in [-0.4, -0.2) is 39.8 Å². The summed E-state index contributed by atoms with van der Waals surface area (Å²) in [7, 11) is 4.25. The third-order valence-corrected chi connectivity index (χ3v) is 4.36. The van der Waals surface area contributed by atoms with Crippen molar-refractivity contribution in [1.29, 1.82) is 0 Å². The number of aromatic nitrogens is 1. The molecular weight excluding hydrogens is 326 g/mol. The van der Waals surface area contributed by atoms with Crippen LogP contribution in [0, 0.1) is 6.92 Å². The Bertz CT molecular complexity index is 732. The van der Waals surface area contributed by atoms with Crippen LogP contribution in [0.4, 0.5) is 5.69 Å². The summed E-state index contributed by atoms with van der Waals surface area (Å²) in [5, 5.41) is 5.06. The standard InChI is InChI=1S/C18H24ClN3O2/c1-5-24-18(23)14-11-21-16-12(2)15(19)8-7-13(16)17(14)20-9-6-10-22(3)4/h7-8,11H,5-6,9-10H2,1-4H3,(H,20,21)/p+2. The Morgan fingerprint density at radius 1 is 1.38 bits per heavy atom. The monoisotopic (exact) mass is 351 g/mol. The van der Waals surface area contributed by atoms with Gasteiger partial charge in [-0.1, -0.05) is 11.6 Å². The summed E-state index contributed by atoms with van der Waals surface area (Å²) >= 11 is 6.22. The minimum atomic E-state index is -0.330. The topological polar surface area (TPSA) is 56.9 Å². The Morgan fingerprint density at radius 2 is 2.12 bits per heavy atom. The van der Waals surface area contributed by atoms with E-state index in [2.05, 4.69) is 24.4 Å². The molecule has 0 saturated carbocycles. The Balaban J connectivity index is 2.42. The van der Waals surface area contributed by atoms with Gasteiger partial charge in [0, 0.05) is 18.5 Å². The molecule has 2 rings (SSSR count). The molecule has 6 heteroatoms. The van der Waals surface area contributed by atoms with Crippen molar-refractivity contribution in [1.82, 2.24) is 0 Å². The number of benzene rings is 1. The van der Waals surface area contributed by atoms with E-state index in [0.717, 1.165) is 41.7 Å². The predicted molar refractivity (Wildman–Crippen MR) is 97.0 cm³/mol. The summed E-state index contributed by atoms with van der Waals surface area (Å²) in [5.41, 5.74) is 3.21. The van der Waals surface area contributed by atoms with Crippen LogP contribution in [0.15, 0.2) is 18.3 Å². The van der Waals surface area contributed by atoms with Gasteiger partial charge in [-0.25, -0.2) is 9.78 Å². The zero-order valence-electron chi connectivity index (χ0n) is 14.8. The average molecular weight is 352 g/mol. The van der Waals surface area contributed by atoms with Crippen molar-refractivity contribution in [3.63, 3.8) is 0 Å². The number of esters is 1. The van der Waals surface area contributed by atoms with Crippen LogP contribution in [0.3, 0.4) is 0 Å². The fourth-order valence-corrected chi connectivity index (χ4v) is 2.82. The van der Waals surface area contributed by atoms with Gasteiger partial charge in [0.15, 0.2) is 6.20 Å². The molecule has 0 aliphatic heterocycles. The number of hydrogen-bond donors (Lipinski definition) is 2. The smallest absolute Gasteiger partial charge is 0.346 e. The highest BCUT2D eigenvalue weighted by molar-refractivity contribution is 6.32. The van der Waals surface area contributed by atoms with Crippen LogP contribution in [0.1, 0.15) is 29.3 Å². The van der Waals surface area contributed by atoms with E-state index in [0.29, 0.717) is 17.2 Å². The summed E-state index contributed by atoms with van der Waals surface area (Å²) in [4.78, 5) is 16.9. The Kier molecular flexibility index (Phi) is 6.40. The normalized spacial score (nSPS) is 11.1. The van der Waals surface area contributed by atoms with Gasteiger partial charge in [0.1, 0.15) is 5.56 Å². The molecular formula is C18H26ClN3O2+2. The number of anilines is 1. The summed E-state index contributed by atoms with van der Waals surface area (Å²) in [6, 6.07) is 3.79. The maximum atomic E-state index is 12.3. The molecule has 0 unspecified atom stereocenters. The van der Waals surface area contributed by atoms with Crippen molar-refractivity contribution in [2.45, 2.75) is 20.3 Å². The first-order chi connectivity index (χ1) is 11.5. The molecule has 3 N–H and O–H groups in total. The van der Waals surface area contributed by atoms with E-state index in [1.165, 1.54) is 4.90 Å². The van der Waals surface area contributed by atoms with Crippen molar-refractivity contribution in [2.24, 2.45) is 0 Å². The molecule has 0 radical (unpaired) electrons. The molecule has 5 nitrogen and oxygen atoms in total. The second-order valence-corrected chi connectivity index (χ2v) is 6.54. The number of ether oxygens (including phenoxy) is 1. The first-order valence-electron chi connectivity index (χ1n) is 8.29. The molecule has 1 heterocycles. The van der Waals surface area contributed by atoms with E-state index < -0.39 is 0 Å². The second kappa shape index (κ2) is 8.31. The molecule has 0 amide bonds. The summed E-state index contributed by atoms with van der Waals surface area (Å²) < 4.78 is 5.19. The average Bonchev–Trinajstić information content (AvgIpc) is 2.54. The molecule has 130 valence electrons. The van der Waals surface area contributed by atoms with Crippen LogP contribution in [0.25, 0.3) is 10.9 Å². The largest absolute Gasteiger partial charge is 0.462 e. The van der Waals surface area contributed by atoms with E-state index in [-0.39, 0.29) is 5.97 Å². The molecule has 0 fully saturated rings. The zero-order valence-corrected chi connectivity index (χ0v) is 15.5. The fraction of sp³-hybridized carbons (Fsp3) is 0.444. The van der Waals surface area contributed by atoms with Gasteiger partial charge in [0.05, 0.1) is 43.3 Å². The Hall–Kier alpha value is -1.85.